The number of hydrogen-bond acceptors (Lipinski definition) is 2. The van der Waals surface area contributed by atoms with Crippen LogP contribution >= 0.6 is 0 Å². The van der Waals surface area contributed by atoms with E-state index in [1.54, 1.807) is 18.2 Å². The molecule has 2 unspecified atom stereocenters. The summed E-state index contributed by atoms with van der Waals surface area (Å²) >= 11 is 0. The Labute approximate surface area is 164 Å². The largest absolute Gasteiger partial charge is 0.353 e. The molecule has 1 aliphatic rings. The average Bonchev–Trinajstić information content (AvgIpc) is 2.70. The van der Waals surface area contributed by atoms with E-state index < -0.39 is 11.6 Å². The van der Waals surface area contributed by atoms with E-state index in [0.717, 1.165) is 12.8 Å². The highest BCUT2D eigenvalue weighted by Gasteiger charge is 2.27. The number of benzene rings is 2. The van der Waals surface area contributed by atoms with Crippen LogP contribution in [-0.2, 0) is 15.9 Å². The van der Waals surface area contributed by atoms with Gasteiger partial charge in [0.1, 0.15) is 5.82 Å². The van der Waals surface area contributed by atoms with Crippen molar-refractivity contribution in [3.05, 3.63) is 58.9 Å². The van der Waals surface area contributed by atoms with Gasteiger partial charge >= 0.3 is 0 Å². The van der Waals surface area contributed by atoms with Crippen molar-refractivity contribution in [2.45, 2.75) is 58.2 Å². The van der Waals surface area contributed by atoms with Crippen molar-refractivity contribution in [3.63, 3.8) is 0 Å². The van der Waals surface area contributed by atoms with Gasteiger partial charge in [0.05, 0.1) is 6.61 Å². The molecule has 0 radical (unpaired) electrons. The Kier molecular flexibility index (Phi) is 7.13. The predicted molar refractivity (Wildman–Crippen MR) is 104 cm³/mol. The summed E-state index contributed by atoms with van der Waals surface area (Å²) in [4.78, 5) is 0. The Morgan fingerprint density at radius 2 is 1.86 bits per heavy atom. The van der Waals surface area contributed by atoms with Gasteiger partial charge in [-0.05, 0) is 55.4 Å². The zero-order valence-electron chi connectivity index (χ0n) is 16.4. The topological polar surface area (TPSA) is 18.5 Å². The Bertz CT molecular complexity index is 799. The van der Waals surface area contributed by atoms with E-state index in [0.29, 0.717) is 49.2 Å². The number of ether oxygens (including phenoxy) is 2. The predicted octanol–water partition coefficient (Wildman–Crippen LogP) is 6.37. The molecule has 2 atom stereocenters. The third-order valence-electron chi connectivity index (χ3n) is 5.30. The van der Waals surface area contributed by atoms with Gasteiger partial charge in [-0.15, -0.1) is 0 Å². The second-order valence-corrected chi connectivity index (χ2v) is 7.23. The van der Waals surface area contributed by atoms with Crippen molar-refractivity contribution in [2.75, 3.05) is 13.2 Å². The standard InChI is InChI=1S/C23H27F3O2/c1-3-5-6-15-7-8-16(13-20(15)24)18-10-11-19(23(26)22(18)25)17-9-12-21(27-4-2)28-14-17/h7-8,10-11,13,17,21H,3-6,9,12,14H2,1-2H3. The van der Waals surface area contributed by atoms with Crippen LogP contribution in [-0.4, -0.2) is 19.5 Å². The van der Waals surface area contributed by atoms with Gasteiger partial charge in [-0.3, -0.25) is 0 Å². The van der Waals surface area contributed by atoms with E-state index in [1.807, 2.05) is 13.8 Å². The second kappa shape index (κ2) is 9.57. The SMILES string of the molecule is CCCCc1ccc(-c2ccc(C3CCC(OCC)OC3)c(F)c2F)cc1F. The van der Waals surface area contributed by atoms with Crippen LogP contribution in [0.2, 0.25) is 0 Å². The minimum atomic E-state index is -0.940. The average molecular weight is 392 g/mol. The Morgan fingerprint density at radius 1 is 1.04 bits per heavy atom. The fourth-order valence-corrected chi connectivity index (χ4v) is 3.68. The number of hydrogen-bond donors (Lipinski definition) is 0. The first-order valence-electron chi connectivity index (χ1n) is 10.0. The fraction of sp³-hybridized carbons (Fsp3) is 0.478. The maximum absolute atomic E-state index is 14.8. The van der Waals surface area contributed by atoms with Crippen molar-refractivity contribution in [1.82, 2.24) is 0 Å². The lowest BCUT2D eigenvalue weighted by atomic mass is 9.90. The van der Waals surface area contributed by atoms with E-state index in [4.69, 9.17) is 9.47 Å². The van der Waals surface area contributed by atoms with Crippen molar-refractivity contribution in [2.24, 2.45) is 0 Å². The van der Waals surface area contributed by atoms with Gasteiger partial charge in [-0.2, -0.15) is 0 Å². The van der Waals surface area contributed by atoms with Crippen LogP contribution in [0, 0.1) is 17.5 Å². The lowest BCUT2D eigenvalue weighted by Crippen LogP contribution is -2.27. The summed E-state index contributed by atoms with van der Waals surface area (Å²) in [5.41, 5.74) is 1.32. The van der Waals surface area contributed by atoms with Gasteiger partial charge in [0.25, 0.3) is 0 Å². The monoisotopic (exact) mass is 392 g/mol. The van der Waals surface area contributed by atoms with E-state index >= 15 is 0 Å². The highest BCUT2D eigenvalue weighted by atomic mass is 19.2. The number of aryl methyl sites for hydroxylation is 1. The molecule has 1 fully saturated rings. The molecule has 2 aromatic rings. The lowest BCUT2D eigenvalue weighted by Gasteiger charge is -2.29. The lowest BCUT2D eigenvalue weighted by molar-refractivity contribution is -0.164. The molecule has 0 aromatic heterocycles. The molecule has 0 spiro atoms. The fourth-order valence-electron chi connectivity index (χ4n) is 3.68. The van der Waals surface area contributed by atoms with Crippen LogP contribution in [0.1, 0.15) is 56.6 Å². The molecule has 5 heteroatoms. The molecule has 1 saturated heterocycles. The second-order valence-electron chi connectivity index (χ2n) is 7.23. The Morgan fingerprint density at radius 3 is 2.50 bits per heavy atom. The minimum absolute atomic E-state index is 0.0751. The summed E-state index contributed by atoms with van der Waals surface area (Å²) in [5, 5.41) is 0. The van der Waals surface area contributed by atoms with Gasteiger partial charge in [-0.1, -0.05) is 37.6 Å². The number of halogens is 3. The van der Waals surface area contributed by atoms with Gasteiger partial charge < -0.3 is 9.47 Å². The van der Waals surface area contributed by atoms with E-state index in [2.05, 4.69) is 0 Å². The van der Waals surface area contributed by atoms with Crippen molar-refractivity contribution < 1.29 is 22.6 Å². The Balaban J connectivity index is 1.80. The summed E-state index contributed by atoms with van der Waals surface area (Å²) < 4.78 is 54.9. The molecule has 0 bridgehead atoms. The zero-order valence-corrected chi connectivity index (χ0v) is 16.4. The van der Waals surface area contributed by atoms with Gasteiger partial charge in [0, 0.05) is 18.1 Å². The molecule has 3 rings (SSSR count). The smallest absolute Gasteiger partial charge is 0.166 e. The summed E-state index contributed by atoms with van der Waals surface area (Å²) in [6.45, 7) is 4.78. The van der Waals surface area contributed by atoms with E-state index in [9.17, 15) is 13.2 Å². The van der Waals surface area contributed by atoms with E-state index in [1.165, 1.54) is 12.1 Å². The first-order chi connectivity index (χ1) is 13.5. The quantitative estimate of drug-likeness (QED) is 0.545. The zero-order chi connectivity index (χ0) is 20.1. The highest BCUT2D eigenvalue weighted by Crippen LogP contribution is 2.34. The summed E-state index contributed by atoms with van der Waals surface area (Å²) in [7, 11) is 0. The molecule has 0 saturated carbocycles. The molecule has 28 heavy (non-hydrogen) atoms. The highest BCUT2D eigenvalue weighted by molar-refractivity contribution is 5.65. The van der Waals surface area contributed by atoms with Crippen LogP contribution in [0.4, 0.5) is 13.2 Å². The third kappa shape index (κ3) is 4.58. The number of rotatable bonds is 7. The Hall–Kier alpha value is -1.85. The van der Waals surface area contributed by atoms with Crippen molar-refractivity contribution in [3.8, 4) is 11.1 Å². The summed E-state index contributed by atoms with van der Waals surface area (Å²) in [6, 6.07) is 7.73. The summed E-state index contributed by atoms with van der Waals surface area (Å²) in [5.74, 6) is -2.41. The minimum Gasteiger partial charge on any atom is -0.353 e. The summed E-state index contributed by atoms with van der Waals surface area (Å²) in [6.07, 6.45) is 3.54. The molecule has 2 nitrogen and oxygen atoms in total. The van der Waals surface area contributed by atoms with Gasteiger partial charge in [0.15, 0.2) is 17.9 Å². The van der Waals surface area contributed by atoms with Crippen LogP contribution in [0.3, 0.4) is 0 Å². The first kappa shape index (κ1) is 20.9. The molecule has 1 aliphatic heterocycles. The first-order valence-corrected chi connectivity index (χ1v) is 10.0. The maximum atomic E-state index is 14.8. The molecule has 0 amide bonds. The molecular formula is C23H27F3O2. The van der Waals surface area contributed by atoms with Crippen LogP contribution in [0.15, 0.2) is 30.3 Å². The molecule has 2 aromatic carbocycles. The van der Waals surface area contributed by atoms with Crippen LogP contribution in [0.25, 0.3) is 11.1 Å². The van der Waals surface area contributed by atoms with Crippen molar-refractivity contribution in [1.29, 1.82) is 0 Å². The van der Waals surface area contributed by atoms with E-state index in [-0.39, 0.29) is 23.6 Å². The molecule has 152 valence electrons. The third-order valence-corrected chi connectivity index (χ3v) is 5.30. The van der Waals surface area contributed by atoms with Crippen LogP contribution < -0.4 is 0 Å². The molecule has 1 heterocycles. The molecular weight excluding hydrogens is 365 g/mol. The van der Waals surface area contributed by atoms with Crippen LogP contribution in [0.5, 0.6) is 0 Å². The normalized spacial score (nSPS) is 19.8. The molecule has 0 N–H and O–H groups in total. The van der Waals surface area contributed by atoms with Gasteiger partial charge in [0.2, 0.25) is 0 Å². The number of unbranched alkanes of at least 4 members (excludes halogenated alkanes) is 1. The maximum Gasteiger partial charge on any atom is 0.166 e. The van der Waals surface area contributed by atoms with Crippen molar-refractivity contribution >= 4 is 0 Å². The van der Waals surface area contributed by atoms with Gasteiger partial charge in [-0.25, -0.2) is 13.2 Å². The molecule has 0 aliphatic carbocycles.